The second-order valence-corrected chi connectivity index (χ2v) is 11.9. The van der Waals surface area contributed by atoms with E-state index in [-0.39, 0.29) is 11.8 Å². The van der Waals surface area contributed by atoms with Crippen molar-refractivity contribution in [3.63, 3.8) is 0 Å². The van der Waals surface area contributed by atoms with E-state index in [1.807, 2.05) is 60.9 Å². The molecule has 0 aliphatic heterocycles. The van der Waals surface area contributed by atoms with Crippen LogP contribution in [-0.4, -0.2) is 53.0 Å². The first kappa shape index (κ1) is 33.2. The van der Waals surface area contributed by atoms with E-state index in [2.05, 4.69) is 24.5 Å². The van der Waals surface area contributed by atoms with Gasteiger partial charge in [0.2, 0.25) is 11.8 Å². The highest BCUT2D eigenvalue weighted by Crippen LogP contribution is 2.25. The van der Waals surface area contributed by atoms with Gasteiger partial charge in [0, 0.05) is 13.1 Å². The van der Waals surface area contributed by atoms with Crippen LogP contribution in [0.3, 0.4) is 0 Å². The lowest BCUT2D eigenvalue weighted by atomic mass is 9.99. The van der Waals surface area contributed by atoms with Gasteiger partial charge in [0.1, 0.15) is 17.7 Å². The molecule has 0 saturated carbocycles. The number of hydrogen-bond donors (Lipinski definition) is 2. The van der Waals surface area contributed by atoms with E-state index in [4.69, 9.17) is 4.74 Å². The molecule has 0 aromatic heterocycles. The second-order valence-electron chi connectivity index (χ2n) is 10.9. The summed E-state index contributed by atoms with van der Waals surface area (Å²) < 4.78 is 5.48. The summed E-state index contributed by atoms with van der Waals surface area (Å²) in [6, 6.07) is 15.9. The maximum Gasteiger partial charge on any atom is 0.408 e. The molecular weight excluding hydrogens is 522 g/mol. The van der Waals surface area contributed by atoms with Crippen LogP contribution in [0.2, 0.25) is 0 Å². The lowest BCUT2D eigenvalue weighted by molar-refractivity contribution is -0.142. The van der Waals surface area contributed by atoms with Crippen molar-refractivity contribution >= 4 is 29.7 Å². The van der Waals surface area contributed by atoms with E-state index in [1.54, 1.807) is 37.4 Å². The summed E-state index contributed by atoms with van der Waals surface area (Å²) >= 11 is 1.60. The highest BCUT2D eigenvalue weighted by molar-refractivity contribution is 7.98. The average molecular weight is 570 g/mol. The number of amides is 3. The Morgan fingerprint density at radius 2 is 1.62 bits per heavy atom. The molecule has 2 atom stereocenters. The minimum Gasteiger partial charge on any atom is -0.444 e. The first-order valence-electron chi connectivity index (χ1n) is 14.3. The maximum absolute atomic E-state index is 14.2. The number of ether oxygens (including phenoxy) is 1. The Morgan fingerprint density at radius 1 is 0.950 bits per heavy atom. The molecule has 3 amide bonds. The number of carbonyl (C=O) groups excluding carboxylic acids is 3. The SMILES string of the molecule is CCCCCN(C(=O)C(CCSC)NC(=O)OC(C)(C)C)C(C(=O)NCc1ccccc1)c1ccc(CC)cc1. The van der Waals surface area contributed by atoms with Crippen molar-refractivity contribution in [2.75, 3.05) is 18.6 Å². The summed E-state index contributed by atoms with van der Waals surface area (Å²) in [6.45, 7) is 10.3. The van der Waals surface area contributed by atoms with Crippen molar-refractivity contribution in [2.45, 2.75) is 91.0 Å². The number of nitrogens with one attached hydrogen (secondary N) is 2. The fourth-order valence-electron chi connectivity index (χ4n) is 4.33. The van der Waals surface area contributed by atoms with Gasteiger partial charge in [-0.25, -0.2) is 4.79 Å². The van der Waals surface area contributed by atoms with Crippen LogP contribution in [0.15, 0.2) is 54.6 Å². The van der Waals surface area contributed by atoms with Gasteiger partial charge >= 0.3 is 6.09 Å². The van der Waals surface area contributed by atoms with E-state index in [0.717, 1.165) is 42.4 Å². The van der Waals surface area contributed by atoms with Crippen LogP contribution >= 0.6 is 11.8 Å². The van der Waals surface area contributed by atoms with Gasteiger partial charge in [0.05, 0.1) is 0 Å². The van der Waals surface area contributed by atoms with Crippen LogP contribution in [0.4, 0.5) is 4.79 Å². The number of benzene rings is 2. The molecule has 0 aliphatic carbocycles. The van der Waals surface area contributed by atoms with Crippen LogP contribution in [0, 0.1) is 0 Å². The van der Waals surface area contributed by atoms with E-state index < -0.39 is 23.8 Å². The van der Waals surface area contributed by atoms with Crippen LogP contribution in [0.1, 0.15) is 83.0 Å². The Kier molecular flexibility index (Phi) is 14.1. The zero-order valence-corrected chi connectivity index (χ0v) is 25.8. The number of alkyl carbamates (subject to hydrolysis) is 1. The average Bonchev–Trinajstić information content (AvgIpc) is 2.93. The quantitative estimate of drug-likeness (QED) is 0.247. The topological polar surface area (TPSA) is 87.7 Å². The Bertz CT molecular complexity index is 1050. The summed E-state index contributed by atoms with van der Waals surface area (Å²) in [5.41, 5.74) is 2.18. The van der Waals surface area contributed by atoms with Gasteiger partial charge in [-0.05, 0) is 68.7 Å². The number of unbranched alkanes of at least 4 members (excludes halogenated alkanes) is 2. The van der Waals surface area contributed by atoms with Gasteiger partial charge in [-0.15, -0.1) is 0 Å². The minimum atomic E-state index is -0.837. The molecule has 2 aromatic carbocycles. The van der Waals surface area contributed by atoms with Gasteiger partial charge < -0.3 is 20.3 Å². The van der Waals surface area contributed by atoms with Gasteiger partial charge in [-0.3, -0.25) is 9.59 Å². The molecule has 8 heteroatoms. The molecule has 2 aromatic rings. The molecule has 220 valence electrons. The number of nitrogens with zero attached hydrogens (tertiary/aromatic N) is 1. The highest BCUT2D eigenvalue weighted by atomic mass is 32.2. The van der Waals surface area contributed by atoms with E-state index in [0.29, 0.717) is 25.3 Å². The smallest absolute Gasteiger partial charge is 0.408 e. The molecule has 2 rings (SSSR count). The lowest BCUT2D eigenvalue weighted by Gasteiger charge is -2.34. The summed E-state index contributed by atoms with van der Waals surface area (Å²) in [6.07, 6.45) is 5.27. The van der Waals surface area contributed by atoms with Crippen LogP contribution < -0.4 is 10.6 Å². The molecule has 0 bridgehead atoms. The summed E-state index contributed by atoms with van der Waals surface area (Å²) in [5, 5.41) is 5.86. The number of thioether (sulfide) groups is 1. The fourth-order valence-corrected chi connectivity index (χ4v) is 4.80. The third-order valence-corrected chi connectivity index (χ3v) is 7.10. The van der Waals surface area contributed by atoms with E-state index in [1.165, 1.54) is 0 Å². The van der Waals surface area contributed by atoms with Crippen molar-refractivity contribution in [3.05, 3.63) is 71.3 Å². The number of aryl methyl sites for hydroxylation is 1. The van der Waals surface area contributed by atoms with Gasteiger partial charge in [0.25, 0.3) is 0 Å². The molecule has 2 N–H and O–H groups in total. The zero-order valence-electron chi connectivity index (χ0n) is 25.0. The minimum absolute atomic E-state index is 0.251. The first-order chi connectivity index (χ1) is 19.1. The third kappa shape index (κ3) is 11.2. The predicted octanol–water partition coefficient (Wildman–Crippen LogP) is 6.27. The second kappa shape index (κ2) is 17.0. The van der Waals surface area contributed by atoms with Crippen LogP contribution in [0.5, 0.6) is 0 Å². The zero-order chi connectivity index (χ0) is 29.5. The Labute approximate surface area is 244 Å². The maximum atomic E-state index is 14.2. The molecule has 0 saturated heterocycles. The molecule has 7 nitrogen and oxygen atoms in total. The molecule has 40 heavy (non-hydrogen) atoms. The van der Waals surface area contributed by atoms with Gasteiger partial charge in [-0.1, -0.05) is 81.3 Å². The lowest BCUT2D eigenvalue weighted by Crippen LogP contribution is -2.53. The van der Waals surface area contributed by atoms with Gasteiger partial charge in [0.15, 0.2) is 0 Å². The van der Waals surface area contributed by atoms with Crippen molar-refractivity contribution < 1.29 is 19.1 Å². The van der Waals surface area contributed by atoms with Crippen molar-refractivity contribution in [2.24, 2.45) is 0 Å². The number of hydrogen-bond acceptors (Lipinski definition) is 5. The number of rotatable bonds is 15. The number of carbonyl (C=O) groups is 3. The van der Waals surface area contributed by atoms with Crippen LogP contribution in [0.25, 0.3) is 0 Å². The van der Waals surface area contributed by atoms with Crippen molar-refractivity contribution in [3.8, 4) is 0 Å². The summed E-state index contributed by atoms with van der Waals surface area (Å²) in [4.78, 5) is 42.5. The molecule has 0 fully saturated rings. The van der Waals surface area contributed by atoms with Gasteiger partial charge in [-0.2, -0.15) is 11.8 Å². The molecular formula is C32H47N3O4S. The summed E-state index contributed by atoms with van der Waals surface area (Å²) in [5.74, 6) is 0.139. The van der Waals surface area contributed by atoms with E-state index in [9.17, 15) is 14.4 Å². The van der Waals surface area contributed by atoms with Crippen molar-refractivity contribution in [1.82, 2.24) is 15.5 Å². The summed E-state index contributed by atoms with van der Waals surface area (Å²) in [7, 11) is 0. The molecule has 0 heterocycles. The fraction of sp³-hybridized carbons (Fsp3) is 0.531. The largest absolute Gasteiger partial charge is 0.444 e. The Balaban J connectivity index is 2.46. The van der Waals surface area contributed by atoms with Crippen LogP contribution in [-0.2, 0) is 27.3 Å². The first-order valence-corrected chi connectivity index (χ1v) is 15.7. The molecule has 0 aliphatic rings. The molecule has 0 radical (unpaired) electrons. The molecule has 2 unspecified atom stereocenters. The monoisotopic (exact) mass is 569 g/mol. The molecule has 0 spiro atoms. The van der Waals surface area contributed by atoms with E-state index >= 15 is 0 Å². The standard InChI is InChI=1S/C32H47N3O4S/c1-7-9-13-21-35(30(37)27(20-22-40-6)34-31(38)39-32(3,4)5)28(26-18-16-24(8-2)17-19-26)29(36)33-23-25-14-11-10-12-15-25/h10-12,14-19,27-28H,7-9,13,20-23H2,1-6H3,(H,33,36)(H,34,38). The normalized spacial score (nSPS) is 12.8. The predicted molar refractivity (Wildman–Crippen MR) is 164 cm³/mol. The Morgan fingerprint density at radius 3 is 2.20 bits per heavy atom. The third-order valence-electron chi connectivity index (χ3n) is 6.46. The highest BCUT2D eigenvalue weighted by Gasteiger charge is 2.36. The van der Waals surface area contributed by atoms with Crippen molar-refractivity contribution in [1.29, 1.82) is 0 Å². The Hall–Kier alpha value is -3.00.